The molecule has 1 aromatic heterocycles. The van der Waals surface area contributed by atoms with E-state index in [9.17, 15) is 9.18 Å². The van der Waals surface area contributed by atoms with Gasteiger partial charge in [0, 0.05) is 5.56 Å². The zero-order valence-electron chi connectivity index (χ0n) is 11.8. The molecule has 0 aliphatic heterocycles. The van der Waals surface area contributed by atoms with Crippen LogP contribution in [0.15, 0.2) is 29.0 Å². The zero-order valence-corrected chi connectivity index (χ0v) is 13.4. The standard InChI is InChI=1S/C14H13BrFN3O3/c1-7(22-13-12(17)18-6-11(15)19-13)10-5-8(16)3-4-9(10)14(20)21-2/h3-7H,1-2H3,(H2,17,18). The molecule has 0 bridgehead atoms. The number of carbonyl (C=O) groups excluding carboxylic acids is 1. The number of hydrogen-bond acceptors (Lipinski definition) is 6. The van der Waals surface area contributed by atoms with Crippen LogP contribution in [-0.2, 0) is 4.74 Å². The van der Waals surface area contributed by atoms with Crippen LogP contribution in [0.4, 0.5) is 10.2 Å². The van der Waals surface area contributed by atoms with Gasteiger partial charge in [-0.2, -0.15) is 0 Å². The van der Waals surface area contributed by atoms with Gasteiger partial charge < -0.3 is 15.2 Å². The summed E-state index contributed by atoms with van der Waals surface area (Å²) in [6, 6.07) is 3.72. The third kappa shape index (κ3) is 3.51. The number of benzene rings is 1. The summed E-state index contributed by atoms with van der Waals surface area (Å²) in [6.45, 7) is 1.64. The highest BCUT2D eigenvalue weighted by atomic mass is 79.9. The third-order valence-corrected chi connectivity index (χ3v) is 3.27. The van der Waals surface area contributed by atoms with Gasteiger partial charge in [0.25, 0.3) is 5.88 Å². The SMILES string of the molecule is COC(=O)c1ccc(F)cc1C(C)Oc1nc(Br)cnc1N. The lowest BCUT2D eigenvalue weighted by molar-refractivity contribution is 0.0595. The largest absolute Gasteiger partial charge is 0.467 e. The molecule has 0 amide bonds. The Hall–Kier alpha value is -2.22. The average Bonchev–Trinajstić information content (AvgIpc) is 2.50. The van der Waals surface area contributed by atoms with E-state index in [1.54, 1.807) is 6.92 Å². The summed E-state index contributed by atoms with van der Waals surface area (Å²) in [5, 5.41) is 0. The Morgan fingerprint density at radius 2 is 2.18 bits per heavy atom. The van der Waals surface area contributed by atoms with Crippen LogP contribution < -0.4 is 10.5 Å². The Kier molecular flexibility index (Phi) is 4.92. The first-order valence-electron chi connectivity index (χ1n) is 6.24. The summed E-state index contributed by atoms with van der Waals surface area (Å²) in [7, 11) is 1.25. The van der Waals surface area contributed by atoms with Crippen LogP contribution in [0.2, 0.25) is 0 Å². The number of nitrogen functional groups attached to an aromatic ring is 1. The maximum Gasteiger partial charge on any atom is 0.338 e. The Bertz CT molecular complexity index is 712. The molecule has 0 aliphatic carbocycles. The molecule has 2 N–H and O–H groups in total. The van der Waals surface area contributed by atoms with Crippen LogP contribution in [0.1, 0.15) is 28.9 Å². The topological polar surface area (TPSA) is 87.3 Å². The molecule has 116 valence electrons. The molecule has 1 unspecified atom stereocenters. The van der Waals surface area contributed by atoms with Crippen molar-refractivity contribution in [2.45, 2.75) is 13.0 Å². The predicted octanol–water partition coefficient (Wildman–Crippen LogP) is 2.89. The minimum atomic E-state index is -0.685. The van der Waals surface area contributed by atoms with Gasteiger partial charge in [-0.1, -0.05) is 0 Å². The van der Waals surface area contributed by atoms with E-state index >= 15 is 0 Å². The van der Waals surface area contributed by atoms with Gasteiger partial charge in [-0.15, -0.1) is 0 Å². The average molecular weight is 370 g/mol. The van der Waals surface area contributed by atoms with Gasteiger partial charge in [0.05, 0.1) is 18.9 Å². The normalized spacial score (nSPS) is 11.8. The molecule has 0 radical (unpaired) electrons. The number of rotatable bonds is 4. The van der Waals surface area contributed by atoms with Crippen molar-refractivity contribution in [3.8, 4) is 5.88 Å². The molecule has 22 heavy (non-hydrogen) atoms. The number of nitrogens with two attached hydrogens (primary N) is 1. The van der Waals surface area contributed by atoms with Gasteiger partial charge in [0.2, 0.25) is 0 Å². The molecular formula is C14H13BrFN3O3. The Morgan fingerprint density at radius 1 is 1.45 bits per heavy atom. The molecule has 0 saturated carbocycles. The molecule has 1 aromatic carbocycles. The van der Waals surface area contributed by atoms with Crippen molar-refractivity contribution in [1.29, 1.82) is 0 Å². The number of nitrogens with zero attached hydrogens (tertiary/aromatic N) is 2. The maximum atomic E-state index is 13.5. The second-order valence-electron chi connectivity index (χ2n) is 4.37. The van der Waals surface area contributed by atoms with Crippen molar-refractivity contribution in [3.05, 3.63) is 45.9 Å². The summed E-state index contributed by atoms with van der Waals surface area (Å²) in [5.41, 5.74) is 6.22. The zero-order chi connectivity index (χ0) is 16.3. The number of ether oxygens (including phenoxy) is 2. The second-order valence-corrected chi connectivity index (χ2v) is 5.18. The minimum Gasteiger partial charge on any atom is -0.467 e. The van der Waals surface area contributed by atoms with Gasteiger partial charge in [-0.05, 0) is 41.1 Å². The van der Waals surface area contributed by atoms with Crippen molar-refractivity contribution in [2.24, 2.45) is 0 Å². The monoisotopic (exact) mass is 369 g/mol. The molecule has 0 spiro atoms. The Balaban J connectivity index is 2.36. The molecule has 0 fully saturated rings. The van der Waals surface area contributed by atoms with Gasteiger partial charge in [0.15, 0.2) is 5.82 Å². The number of anilines is 1. The fourth-order valence-electron chi connectivity index (χ4n) is 1.84. The van der Waals surface area contributed by atoms with E-state index in [1.165, 1.54) is 31.5 Å². The fraction of sp³-hybridized carbons (Fsp3) is 0.214. The first-order valence-corrected chi connectivity index (χ1v) is 7.04. The van der Waals surface area contributed by atoms with E-state index < -0.39 is 17.9 Å². The lowest BCUT2D eigenvalue weighted by Crippen LogP contribution is -2.13. The van der Waals surface area contributed by atoms with Crippen molar-refractivity contribution in [1.82, 2.24) is 9.97 Å². The number of aromatic nitrogens is 2. The van der Waals surface area contributed by atoms with E-state index in [0.717, 1.165) is 0 Å². The molecule has 2 rings (SSSR count). The van der Waals surface area contributed by atoms with Gasteiger partial charge >= 0.3 is 5.97 Å². The molecule has 1 atom stereocenters. The summed E-state index contributed by atoms with van der Waals surface area (Å²) in [4.78, 5) is 19.7. The lowest BCUT2D eigenvalue weighted by atomic mass is 10.0. The van der Waals surface area contributed by atoms with Crippen LogP contribution in [-0.4, -0.2) is 23.0 Å². The van der Waals surface area contributed by atoms with Crippen molar-refractivity contribution in [2.75, 3.05) is 12.8 Å². The molecular weight excluding hydrogens is 357 g/mol. The number of carbonyl (C=O) groups is 1. The highest BCUT2D eigenvalue weighted by Gasteiger charge is 2.20. The highest BCUT2D eigenvalue weighted by molar-refractivity contribution is 9.10. The van der Waals surface area contributed by atoms with Gasteiger partial charge in [-0.3, -0.25) is 0 Å². The highest BCUT2D eigenvalue weighted by Crippen LogP contribution is 2.27. The fourth-order valence-corrected chi connectivity index (χ4v) is 2.11. The second kappa shape index (κ2) is 6.69. The van der Waals surface area contributed by atoms with Crippen LogP contribution >= 0.6 is 15.9 Å². The summed E-state index contributed by atoms with van der Waals surface area (Å²) >= 11 is 3.16. The third-order valence-electron chi connectivity index (χ3n) is 2.88. The smallest absolute Gasteiger partial charge is 0.338 e. The molecule has 2 aromatic rings. The molecule has 0 aliphatic rings. The molecule has 8 heteroatoms. The number of esters is 1. The van der Waals surface area contributed by atoms with Crippen molar-refractivity contribution in [3.63, 3.8) is 0 Å². The van der Waals surface area contributed by atoms with Crippen molar-refractivity contribution < 1.29 is 18.7 Å². The van der Waals surface area contributed by atoms with Gasteiger partial charge in [0.1, 0.15) is 16.5 Å². The first-order chi connectivity index (χ1) is 10.4. The number of methoxy groups -OCH3 is 1. The van der Waals surface area contributed by atoms with Gasteiger partial charge in [-0.25, -0.2) is 19.2 Å². The van der Waals surface area contributed by atoms with Crippen LogP contribution in [0, 0.1) is 5.82 Å². The number of hydrogen-bond donors (Lipinski definition) is 1. The number of halogens is 2. The maximum absolute atomic E-state index is 13.5. The van der Waals surface area contributed by atoms with Crippen molar-refractivity contribution >= 4 is 27.7 Å². The molecule has 1 heterocycles. The minimum absolute atomic E-state index is 0.0851. The lowest BCUT2D eigenvalue weighted by Gasteiger charge is -2.17. The van der Waals surface area contributed by atoms with Crippen LogP contribution in [0.3, 0.4) is 0 Å². The summed E-state index contributed by atoms with van der Waals surface area (Å²) < 4.78 is 24.2. The van der Waals surface area contributed by atoms with E-state index in [-0.39, 0.29) is 17.3 Å². The Morgan fingerprint density at radius 3 is 2.86 bits per heavy atom. The van der Waals surface area contributed by atoms with E-state index in [1.807, 2.05) is 0 Å². The molecule has 0 saturated heterocycles. The Labute approximate surface area is 134 Å². The molecule has 6 nitrogen and oxygen atoms in total. The van der Waals surface area contributed by atoms with E-state index in [4.69, 9.17) is 10.5 Å². The summed E-state index contributed by atoms with van der Waals surface area (Å²) in [5.74, 6) is -0.904. The quantitative estimate of drug-likeness (QED) is 0.833. The van der Waals surface area contributed by atoms with Crippen LogP contribution in [0.5, 0.6) is 5.88 Å². The van der Waals surface area contributed by atoms with Crippen LogP contribution in [0.25, 0.3) is 0 Å². The van der Waals surface area contributed by atoms with E-state index in [0.29, 0.717) is 10.2 Å². The summed E-state index contributed by atoms with van der Waals surface area (Å²) in [6.07, 6.45) is 0.741. The first kappa shape index (κ1) is 16.2. The van der Waals surface area contributed by atoms with E-state index in [2.05, 4.69) is 30.6 Å². The predicted molar refractivity (Wildman–Crippen MR) is 80.9 cm³/mol.